The van der Waals surface area contributed by atoms with Crippen molar-refractivity contribution in [1.82, 2.24) is 0 Å². The highest BCUT2D eigenvalue weighted by Crippen LogP contribution is 1.81. The number of hydroxylamine groups is 2. The molecule has 4 nitrogen and oxygen atoms in total. The lowest BCUT2D eigenvalue weighted by atomic mass is 10.4. The lowest BCUT2D eigenvalue weighted by Crippen LogP contribution is -3.00. The van der Waals surface area contributed by atoms with Crippen LogP contribution in [-0.4, -0.2) is 25.2 Å². The van der Waals surface area contributed by atoms with Crippen LogP contribution in [0, 0.1) is 5.21 Å². The molecule has 0 aliphatic rings. The van der Waals surface area contributed by atoms with E-state index in [1.807, 2.05) is 0 Å². The summed E-state index contributed by atoms with van der Waals surface area (Å²) in [6, 6.07) is 0. The number of quaternary nitrogens is 1. The Balaban J connectivity index is 0. The molecule has 0 heterocycles. The van der Waals surface area contributed by atoms with Crippen molar-refractivity contribution in [2.24, 2.45) is 0 Å². The summed E-state index contributed by atoms with van der Waals surface area (Å²) in [7, 11) is 3.06. The Labute approximate surface area is 60.3 Å². The Morgan fingerprint density at radius 2 is 1.70 bits per heavy atom. The van der Waals surface area contributed by atoms with E-state index in [-0.39, 0.29) is 10.6 Å². The Morgan fingerprint density at radius 1 is 1.60 bits per heavy atom. The minimum absolute atomic E-state index is 0.167. The molecule has 0 atom stereocenters. The number of hydrogen-bond acceptors (Lipinski definition) is 2. The normalized spacial score (nSPS) is 8.10. The third-order valence-electron chi connectivity index (χ3n) is 0.365. The van der Waals surface area contributed by atoms with Crippen LogP contribution < -0.4 is 5.06 Å². The molecule has 0 aromatic carbocycles. The number of aliphatic carboxylic acids is 1. The zero-order chi connectivity index (χ0) is 8.73. The molecule has 0 rings (SSSR count). The predicted molar refractivity (Wildman–Crippen MR) is 38.6 cm³/mol. The van der Waals surface area contributed by atoms with Gasteiger partial charge in [-0.1, -0.05) is 6.58 Å². The molecule has 0 radical (unpaired) electrons. The Hall–Kier alpha value is -0.870. The maximum absolute atomic E-state index is 9.60. The van der Waals surface area contributed by atoms with Crippen LogP contribution in [0.4, 0.5) is 0 Å². The van der Waals surface area contributed by atoms with E-state index in [2.05, 4.69) is 6.58 Å². The molecule has 0 spiro atoms. The largest absolute Gasteiger partial charge is 0.635 e. The fourth-order valence-corrected chi connectivity index (χ4v) is 0. The number of nitrogens with one attached hydrogen (secondary N) is 1. The molecular weight excluding hydrogens is 134 g/mol. The van der Waals surface area contributed by atoms with Gasteiger partial charge in [0.15, 0.2) is 0 Å². The molecule has 0 amide bonds. The third-order valence-corrected chi connectivity index (χ3v) is 0.365. The molecular formula is C6H13NO3. The van der Waals surface area contributed by atoms with E-state index in [0.29, 0.717) is 0 Å². The van der Waals surface area contributed by atoms with Crippen LogP contribution in [0.5, 0.6) is 0 Å². The van der Waals surface area contributed by atoms with Gasteiger partial charge in [-0.3, -0.25) is 0 Å². The number of carboxylic acid groups (broad SMARTS) is 1. The second-order valence-electron chi connectivity index (χ2n) is 1.99. The van der Waals surface area contributed by atoms with E-state index in [0.717, 1.165) is 0 Å². The highest BCUT2D eigenvalue weighted by Gasteiger charge is 1.90. The highest BCUT2D eigenvalue weighted by atomic mass is 16.5. The van der Waals surface area contributed by atoms with Crippen LogP contribution in [0.1, 0.15) is 6.92 Å². The van der Waals surface area contributed by atoms with Crippen molar-refractivity contribution in [3.63, 3.8) is 0 Å². The van der Waals surface area contributed by atoms with Gasteiger partial charge >= 0.3 is 5.97 Å². The first-order valence-electron chi connectivity index (χ1n) is 2.74. The topological polar surface area (TPSA) is 64.8 Å². The fourth-order valence-electron chi connectivity index (χ4n) is 0. The van der Waals surface area contributed by atoms with Crippen LogP contribution in [0.2, 0.25) is 0 Å². The van der Waals surface area contributed by atoms with Crippen molar-refractivity contribution in [3.8, 4) is 0 Å². The minimum Gasteiger partial charge on any atom is -0.635 e. The monoisotopic (exact) mass is 147 g/mol. The second-order valence-corrected chi connectivity index (χ2v) is 1.99. The number of carboxylic acids is 1. The van der Waals surface area contributed by atoms with E-state index in [9.17, 15) is 10.0 Å². The summed E-state index contributed by atoms with van der Waals surface area (Å²) in [4.78, 5) is 9.60. The molecule has 10 heavy (non-hydrogen) atoms. The average molecular weight is 147 g/mol. The van der Waals surface area contributed by atoms with Gasteiger partial charge in [0, 0.05) is 5.57 Å². The van der Waals surface area contributed by atoms with E-state index in [1.54, 1.807) is 0 Å². The number of rotatable bonds is 1. The summed E-state index contributed by atoms with van der Waals surface area (Å²) < 4.78 is 0. The zero-order valence-electron chi connectivity index (χ0n) is 6.47. The van der Waals surface area contributed by atoms with Crippen LogP contribution in [0.25, 0.3) is 0 Å². The van der Waals surface area contributed by atoms with E-state index in [4.69, 9.17) is 5.11 Å². The third kappa shape index (κ3) is 27.3. The maximum atomic E-state index is 9.60. The molecule has 0 bridgehead atoms. The van der Waals surface area contributed by atoms with Crippen LogP contribution in [0.3, 0.4) is 0 Å². The van der Waals surface area contributed by atoms with Crippen molar-refractivity contribution in [2.45, 2.75) is 6.92 Å². The van der Waals surface area contributed by atoms with Crippen molar-refractivity contribution in [2.75, 3.05) is 14.1 Å². The first kappa shape index (κ1) is 11.9. The Morgan fingerprint density at radius 3 is 1.70 bits per heavy atom. The van der Waals surface area contributed by atoms with Gasteiger partial charge in [0.1, 0.15) is 0 Å². The van der Waals surface area contributed by atoms with Gasteiger partial charge < -0.3 is 15.4 Å². The lowest BCUT2D eigenvalue weighted by Gasteiger charge is -2.04. The van der Waals surface area contributed by atoms with Gasteiger partial charge in [-0.05, 0) is 6.92 Å². The molecule has 0 aliphatic carbocycles. The molecule has 0 aliphatic heterocycles. The standard InChI is InChI=1S/C4H6O2.C2H7NO/c1-3(2)4(5)6;1-3(2)4/h1H2,2H3,(H,5,6);3H,1-2H3. The number of hydrogen-bond donors (Lipinski definition) is 2. The minimum atomic E-state index is -0.935. The first-order chi connectivity index (χ1) is 4.37. The first-order valence-corrected chi connectivity index (χ1v) is 2.74. The van der Waals surface area contributed by atoms with Gasteiger partial charge in [0.05, 0.1) is 14.1 Å². The van der Waals surface area contributed by atoms with Crippen LogP contribution in [-0.2, 0) is 4.79 Å². The zero-order valence-corrected chi connectivity index (χ0v) is 6.47. The van der Waals surface area contributed by atoms with Crippen molar-refractivity contribution in [1.29, 1.82) is 0 Å². The molecule has 0 saturated heterocycles. The van der Waals surface area contributed by atoms with Gasteiger partial charge in [0.25, 0.3) is 0 Å². The van der Waals surface area contributed by atoms with Gasteiger partial charge in [-0.15, -0.1) is 0 Å². The van der Waals surface area contributed by atoms with Gasteiger partial charge in [-0.25, -0.2) is 4.79 Å². The van der Waals surface area contributed by atoms with Crippen molar-refractivity contribution in [3.05, 3.63) is 17.4 Å². The lowest BCUT2D eigenvalue weighted by molar-refractivity contribution is -0.802. The number of carbonyl (C=O) groups is 1. The molecule has 2 N–H and O–H groups in total. The summed E-state index contributed by atoms with van der Waals surface area (Å²) in [6.07, 6.45) is 0. The summed E-state index contributed by atoms with van der Waals surface area (Å²) >= 11 is 0. The van der Waals surface area contributed by atoms with E-state index in [1.165, 1.54) is 21.0 Å². The quantitative estimate of drug-likeness (QED) is 0.380. The molecule has 0 saturated carbocycles. The summed E-state index contributed by atoms with van der Waals surface area (Å²) in [5, 5.41) is 17.5. The summed E-state index contributed by atoms with van der Waals surface area (Å²) in [5.74, 6) is -0.935. The SMILES string of the molecule is C=C(C)C(=O)O.C[NH+](C)[O-]. The molecule has 0 aromatic heterocycles. The molecule has 0 unspecified atom stereocenters. The van der Waals surface area contributed by atoms with Crippen molar-refractivity contribution < 1.29 is 15.0 Å². The molecule has 0 fully saturated rings. The Bertz CT molecular complexity index is 105. The fraction of sp³-hybridized carbons (Fsp3) is 0.500. The second kappa shape index (κ2) is 6.25. The maximum Gasteiger partial charge on any atom is 0.330 e. The highest BCUT2D eigenvalue weighted by molar-refractivity contribution is 5.84. The summed E-state index contributed by atoms with van der Waals surface area (Å²) in [6.45, 7) is 4.60. The van der Waals surface area contributed by atoms with E-state index >= 15 is 0 Å². The molecule has 4 heteroatoms. The smallest absolute Gasteiger partial charge is 0.330 e. The van der Waals surface area contributed by atoms with Gasteiger partial charge in [-0.2, -0.15) is 0 Å². The van der Waals surface area contributed by atoms with Gasteiger partial charge in [0.2, 0.25) is 0 Å². The van der Waals surface area contributed by atoms with Crippen LogP contribution >= 0.6 is 0 Å². The molecule has 60 valence electrons. The predicted octanol–water partition coefficient (Wildman–Crippen LogP) is -0.724. The molecule has 0 aromatic rings. The summed E-state index contributed by atoms with van der Waals surface area (Å²) in [5.41, 5.74) is 0.176. The Kier molecular flexibility index (Phi) is 7.42. The van der Waals surface area contributed by atoms with E-state index < -0.39 is 5.97 Å². The van der Waals surface area contributed by atoms with Crippen molar-refractivity contribution >= 4 is 5.97 Å². The van der Waals surface area contributed by atoms with Crippen LogP contribution in [0.15, 0.2) is 12.2 Å². The average Bonchev–Trinajstić information content (AvgIpc) is 1.63.